The van der Waals surface area contributed by atoms with Crippen LogP contribution in [0.5, 0.6) is 0 Å². The van der Waals surface area contributed by atoms with Crippen molar-refractivity contribution in [2.24, 2.45) is 0 Å². The number of benzene rings is 3. The van der Waals surface area contributed by atoms with Crippen molar-refractivity contribution in [3.05, 3.63) is 94.0 Å². The van der Waals surface area contributed by atoms with Crippen molar-refractivity contribution in [3.63, 3.8) is 0 Å². The molecule has 0 aromatic heterocycles. The summed E-state index contributed by atoms with van der Waals surface area (Å²) in [4.78, 5) is 28.0. The molecule has 0 saturated carbocycles. The van der Waals surface area contributed by atoms with Crippen LogP contribution in [0.2, 0.25) is 10.0 Å². The maximum Gasteiger partial charge on any atom is 0.264 e. The van der Waals surface area contributed by atoms with E-state index in [9.17, 15) is 18.0 Å². The van der Waals surface area contributed by atoms with Gasteiger partial charge in [0.05, 0.1) is 15.6 Å². The Labute approximate surface area is 228 Å². The molecule has 2 amide bonds. The van der Waals surface area contributed by atoms with Crippen LogP contribution in [0.1, 0.15) is 24.5 Å². The SMILES string of the molecule is CCC(C(=O)NC)N(Cc1ccc(Cl)cc1)C(=O)CN(c1ccccc1Cl)S(=O)(=O)c1ccc(C)cc1. The fourth-order valence-corrected chi connectivity index (χ4v) is 5.72. The fraction of sp³-hybridized carbons (Fsp3) is 0.259. The lowest BCUT2D eigenvalue weighted by molar-refractivity contribution is -0.140. The summed E-state index contributed by atoms with van der Waals surface area (Å²) in [5.41, 5.74) is 1.80. The van der Waals surface area contributed by atoms with E-state index < -0.39 is 28.5 Å². The van der Waals surface area contributed by atoms with Crippen molar-refractivity contribution in [2.75, 3.05) is 17.9 Å². The summed E-state index contributed by atoms with van der Waals surface area (Å²) in [7, 11) is -2.68. The lowest BCUT2D eigenvalue weighted by Crippen LogP contribution is -2.51. The molecule has 0 aliphatic heterocycles. The van der Waals surface area contributed by atoms with Crippen LogP contribution in [0.15, 0.2) is 77.7 Å². The van der Waals surface area contributed by atoms with Crippen LogP contribution in [-0.2, 0) is 26.2 Å². The number of hydrogen-bond donors (Lipinski definition) is 1. The monoisotopic (exact) mass is 561 g/mol. The van der Waals surface area contributed by atoms with Gasteiger partial charge in [-0.3, -0.25) is 13.9 Å². The first kappa shape index (κ1) is 28.5. The molecule has 0 heterocycles. The largest absolute Gasteiger partial charge is 0.357 e. The number of carbonyl (C=O) groups excluding carboxylic acids is 2. The first-order valence-electron chi connectivity index (χ1n) is 11.7. The molecular weight excluding hydrogens is 533 g/mol. The number of nitrogens with zero attached hydrogens (tertiary/aromatic N) is 2. The van der Waals surface area contributed by atoms with Gasteiger partial charge in [0, 0.05) is 18.6 Å². The summed E-state index contributed by atoms with van der Waals surface area (Å²) in [6.07, 6.45) is 0.329. The summed E-state index contributed by atoms with van der Waals surface area (Å²) >= 11 is 12.4. The Morgan fingerprint density at radius 1 is 0.946 bits per heavy atom. The topological polar surface area (TPSA) is 86.8 Å². The maximum atomic E-state index is 13.8. The lowest BCUT2D eigenvalue weighted by atomic mass is 10.1. The Bertz CT molecular complexity index is 1350. The minimum Gasteiger partial charge on any atom is -0.357 e. The van der Waals surface area contributed by atoms with Crippen LogP contribution in [0.4, 0.5) is 5.69 Å². The van der Waals surface area contributed by atoms with Crippen molar-refractivity contribution in [2.45, 2.75) is 37.8 Å². The van der Waals surface area contributed by atoms with Gasteiger partial charge in [-0.1, -0.05) is 72.1 Å². The minimum atomic E-state index is -4.18. The zero-order valence-corrected chi connectivity index (χ0v) is 23.1. The number of nitrogens with one attached hydrogen (secondary N) is 1. The van der Waals surface area contributed by atoms with Crippen LogP contribution in [-0.4, -0.2) is 44.8 Å². The maximum absolute atomic E-state index is 13.8. The molecule has 1 N–H and O–H groups in total. The first-order valence-corrected chi connectivity index (χ1v) is 13.9. The highest BCUT2D eigenvalue weighted by Gasteiger charge is 2.34. The Hall–Kier alpha value is -3.07. The number of halogens is 2. The molecule has 37 heavy (non-hydrogen) atoms. The molecule has 3 aromatic rings. The Morgan fingerprint density at radius 2 is 1.57 bits per heavy atom. The Morgan fingerprint density at radius 3 is 2.14 bits per heavy atom. The molecule has 1 atom stereocenters. The van der Waals surface area contributed by atoms with Gasteiger partial charge in [-0.15, -0.1) is 0 Å². The van der Waals surface area contributed by atoms with Crippen molar-refractivity contribution < 1.29 is 18.0 Å². The molecule has 1 unspecified atom stereocenters. The molecule has 0 saturated heterocycles. The average Bonchev–Trinajstić information content (AvgIpc) is 2.88. The van der Waals surface area contributed by atoms with E-state index in [4.69, 9.17) is 23.2 Å². The second-order valence-electron chi connectivity index (χ2n) is 8.46. The molecule has 0 fully saturated rings. The number of sulfonamides is 1. The van der Waals surface area contributed by atoms with Gasteiger partial charge in [-0.05, 0) is 55.3 Å². The molecule has 0 radical (unpaired) electrons. The van der Waals surface area contributed by atoms with Gasteiger partial charge in [-0.2, -0.15) is 0 Å². The zero-order valence-electron chi connectivity index (χ0n) is 20.8. The van der Waals surface area contributed by atoms with E-state index in [0.717, 1.165) is 15.4 Å². The third-order valence-electron chi connectivity index (χ3n) is 5.91. The summed E-state index contributed by atoms with van der Waals surface area (Å²) in [6.45, 7) is 3.17. The molecule has 10 heteroatoms. The van der Waals surface area contributed by atoms with Crippen molar-refractivity contribution in [1.29, 1.82) is 0 Å². The number of carbonyl (C=O) groups is 2. The van der Waals surface area contributed by atoms with Crippen LogP contribution in [0, 0.1) is 6.92 Å². The van der Waals surface area contributed by atoms with E-state index in [1.165, 1.54) is 24.1 Å². The highest BCUT2D eigenvalue weighted by Crippen LogP contribution is 2.31. The smallest absolute Gasteiger partial charge is 0.264 e. The van der Waals surface area contributed by atoms with Gasteiger partial charge in [0.15, 0.2) is 0 Å². The zero-order chi connectivity index (χ0) is 27.2. The summed E-state index contributed by atoms with van der Waals surface area (Å²) in [5.74, 6) is -0.906. The van der Waals surface area contributed by atoms with E-state index in [1.54, 1.807) is 67.6 Å². The van der Waals surface area contributed by atoms with Crippen molar-refractivity contribution in [1.82, 2.24) is 10.2 Å². The molecule has 196 valence electrons. The molecule has 0 bridgehead atoms. The van der Waals surface area contributed by atoms with Crippen molar-refractivity contribution >= 4 is 50.7 Å². The molecule has 3 aromatic carbocycles. The number of amides is 2. The Balaban J connectivity index is 2.06. The predicted molar refractivity (Wildman–Crippen MR) is 147 cm³/mol. The molecule has 3 rings (SSSR count). The highest BCUT2D eigenvalue weighted by atomic mass is 35.5. The van der Waals surface area contributed by atoms with E-state index in [1.807, 2.05) is 6.92 Å². The van der Waals surface area contributed by atoms with Crippen LogP contribution in [0.25, 0.3) is 0 Å². The molecule has 7 nitrogen and oxygen atoms in total. The number of rotatable bonds is 10. The number of hydrogen-bond acceptors (Lipinski definition) is 4. The third kappa shape index (κ3) is 6.83. The third-order valence-corrected chi connectivity index (χ3v) is 8.25. The molecular formula is C27H29Cl2N3O4S. The highest BCUT2D eigenvalue weighted by molar-refractivity contribution is 7.92. The average molecular weight is 563 g/mol. The van der Waals surface area contributed by atoms with Gasteiger partial charge in [0.25, 0.3) is 10.0 Å². The second-order valence-corrected chi connectivity index (χ2v) is 11.2. The van der Waals surface area contributed by atoms with E-state index in [2.05, 4.69) is 5.32 Å². The number of aryl methyl sites for hydroxylation is 1. The summed E-state index contributed by atoms with van der Waals surface area (Å²) in [5, 5.41) is 3.31. The van der Waals surface area contributed by atoms with Gasteiger partial charge in [-0.25, -0.2) is 8.42 Å². The molecule has 0 spiro atoms. The van der Waals surface area contributed by atoms with Crippen LogP contribution < -0.4 is 9.62 Å². The standard InChI is InChI=1S/C27H29Cl2N3O4S/c1-4-24(27(34)30-3)31(17-20-11-13-21(28)14-12-20)26(33)18-32(25-8-6-5-7-23(25)29)37(35,36)22-15-9-19(2)10-16-22/h5-16,24H,4,17-18H2,1-3H3,(H,30,34). The fourth-order valence-electron chi connectivity index (χ4n) is 3.88. The second kappa shape index (κ2) is 12.4. The quantitative estimate of drug-likeness (QED) is 0.375. The van der Waals surface area contributed by atoms with E-state index in [0.29, 0.717) is 11.4 Å². The van der Waals surface area contributed by atoms with Crippen LogP contribution >= 0.6 is 23.2 Å². The number of para-hydroxylation sites is 1. The van der Waals surface area contributed by atoms with Gasteiger partial charge < -0.3 is 10.2 Å². The summed E-state index contributed by atoms with van der Waals surface area (Å²) in [6, 6.07) is 18.9. The van der Waals surface area contributed by atoms with Crippen molar-refractivity contribution in [3.8, 4) is 0 Å². The van der Waals surface area contributed by atoms with E-state index >= 15 is 0 Å². The van der Waals surface area contributed by atoms with Gasteiger partial charge in [0.1, 0.15) is 12.6 Å². The minimum absolute atomic E-state index is 0.0217. The lowest BCUT2D eigenvalue weighted by Gasteiger charge is -2.33. The normalized spacial score (nSPS) is 12.0. The molecule has 0 aliphatic rings. The summed E-state index contributed by atoms with van der Waals surface area (Å²) < 4.78 is 28.6. The molecule has 0 aliphatic carbocycles. The first-order chi connectivity index (χ1) is 17.6. The number of likely N-dealkylation sites (N-methyl/N-ethyl adjacent to an activating group) is 1. The van der Waals surface area contributed by atoms with E-state index in [-0.39, 0.29) is 28.1 Å². The van der Waals surface area contributed by atoms with Crippen LogP contribution in [0.3, 0.4) is 0 Å². The number of anilines is 1. The van der Waals surface area contributed by atoms with Gasteiger partial charge >= 0.3 is 0 Å². The predicted octanol–water partition coefficient (Wildman–Crippen LogP) is 5.05. The Kier molecular flexibility index (Phi) is 9.59. The van der Waals surface area contributed by atoms with Gasteiger partial charge in [0.2, 0.25) is 11.8 Å².